The number of rotatable bonds is 4. The van der Waals surface area contributed by atoms with E-state index in [1.165, 1.54) is 12.8 Å². The Morgan fingerprint density at radius 1 is 1.00 bits per heavy atom. The van der Waals surface area contributed by atoms with E-state index in [4.69, 9.17) is 0 Å². The molecule has 22 heavy (non-hydrogen) atoms. The maximum atomic E-state index is 12.8. The van der Waals surface area contributed by atoms with Gasteiger partial charge in [-0.25, -0.2) is 0 Å². The fraction of sp³-hybridized carbons (Fsp3) is 0.556. The van der Waals surface area contributed by atoms with E-state index in [9.17, 15) is 9.59 Å². The molecule has 4 nitrogen and oxygen atoms in total. The number of benzene rings is 1. The summed E-state index contributed by atoms with van der Waals surface area (Å²) in [5.41, 5.74) is 0.594. The SMILES string of the molecule is CC(C)[C@@H](NC(=O)c1ccccc1)C(=O)N1CCCCCC1. The van der Waals surface area contributed by atoms with Crippen LogP contribution in [0.2, 0.25) is 0 Å². The van der Waals surface area contributed by atoms with Gasteiger partial charge in [-0.2, -0.15) is 0 Å². The minimum Gasteiger partial charge on any atom is -0.341 e. The maximum absolute atomic E-state index is 12.8. The molecule has 0 saturated carbocycles. The van der Waals surface area contributed by atoms with Gasteiger partial charge in [0.15, 0.2) is 0 Å². The fourth-order valence-corrected chi connectivity index (χ4v) is 2.82. The van der Waals surface area contributed by atoms with Gasteiger partial charge in [-0.05, 0) is 30.9 Å². The molecule has 2 amide bonds. The number of hydrogen-bond donors (Lipinski definition) is 1. The van der Waals surface area contributed by atoms with Gasteiger partial charge in [0.1, 0.15) is 6.04 Å². The van der Waals surface area contributed by atoms with Crippen LogP contribution in [0.1, 0.15) is 49.9 Å². The highest BCUT2D eigenvalue weighted by Gasteiger charge is 2.29. The smallest absolute Gasteiger partial charge is 0.251 e. The number of hydrogen-bond acceptors (Lipinski definition) is 2. The molecule has 1 aliphatic heterocycles. The van der Waals surface area contributed by atoms with Crippen molar-refractivity contribution >= 4 is 11.8 Å². The van der Waals surface area contributed by atoms with Crippen LogP contribution >= 0.6 is 0 Å². The monoisotopic (exact) mass is 302 g/mol. The van der Waals surface area contributed by atoms with Crippen LogP contribution in [0.15, 0.2) is 30.3 Å². The summed E-state index contributed by atoms with van der Waals surface area (Å²) in [6.45, 7) is 5.57. The van der Waals surface area contributed by atoms with Crippen molar-refractivity contribution < 1.29 is 9.59 Å². The third kappa shape index (κ3) is 4.33. The van der Waals surface area contributed by atoms with Gasteiger partial charge in [0.2, 0.25) is 5.91 Å². The average molecular weight is 302 g/mol. The second kappa shape index (κ2) is 7.97. The molecule has 1 heterocycles. The molecule has 1 atom stereocenters. The lowest BCUT2D eigenvalue weighted by Gasteiger charge is -2.29. The summed E-state index contributed by atoms with van der Waals surface area (Å²) >= 11 is 0. The molecule has 4 heteroatoms. The van der Waals surface area contributed by atoms with Crippen LogP contribution in [0.5, 0.6) is 0 Å². The van der Waals surface area contributed by atoms with Crippen LogP contribution in [0.3, 0.4) is 0 Å². The van der Waals surface area contributed by atoms with Crippen molar-refractivity contribution in [1.29, 1.82) is 0 Å². The van der Waals surface area contributed by atoms with E-state index in [2.05, 4.69) is 5.32 Å². The first-order chi connectivity index (χ1) is 10.6. The molecule has 1 fully saturated rings. The fourth-order valence-electron chi connectivity index (χ4n) is 2.82. The zero-order valence-electron chi connectivity index (χ0n) is 13.5. The minimum atomic E-state index is -0.453. The van der Waals surface area contributed by atoms with Gasteiger partial charge < -0.3 is 10.2 Å². The van der Waals surface area contributed by atoms with E-state index in [0.29, 0.717) is 5.56 Å². The average Bonchev–Trinajstić information content (AvgIpc) is 2.81. The number of nitrogens with one attached hydrogen (secondary N) is 1. The lowest BCUT2D eigenvalue weighted by molar-refractivity contribution is -0.134. The lowest BCUT2D eigenvalue weighted by atomic mass is 10.0. The van der Waals surface area contributed by atoms with Crippen molar-refractivity contribution in [3.8, 4) is 0 Å². The van der Waals surface area contributed by atoms with Crippen molar-refractivity contribution in [1.82, 2.24) is 10.2 Å². The summed E-state index contributed by atoms with van der Waals surface area (Å²) < 4.78 is 0. The topological polar surface area (TPSA) is 49.4 Å². The molecule has 0 aromatic heterocycles. The van der Waals surface area contributed by atoms with Crippen molar-refractivity contribution in [2.24, 2.45) is 5.92 Å². The highest BCUT2D eigenvalue weighted by Crippen LogP contribution is 2.14. The summed E-state index contributed by atoms with van der Waals surface area (Å²) in [5, 5.41) is 2.92. The Kier molecular flexibility index (Phi) is 5.99. The van der Waals surface area contributed by atoms with Gasteiger partial charge in [0.05, 0.1) is 0 Å². The van der Waals surface area contributed by atoms with Crippen LogP contribution in [0, 0.1) is 5.92 Å². The molecule has 0 unspecified atom stereocenters. The Balaban J connectivity index is 2.05. The van der Waals surface area contributed by atoms with E-state index >= 15 is 0 Å². The van der Waals surface area contributed by atoms with Gasteiger partial charge >= 0.3 is 0 Å². The van der Waals surface area contributed by atoms with Crippen molar-refractivity contribution in [3.63, 3.8) is 0 Å². The molecule has 0 bridgehead atoms. The highest BCUT2D eigenvalue weighted by atomic mass is 16.2. The summed E-state index contributed by atoms with van der Waals surface area (Å²) in [4.78, 5) is 27.0. The Bertz CT molecular complexity index is 491. The number of carbonyl (C=O) groups is 2. The molecule has 1 aromatic rings. The second-order valence-corrected chi connectivity index (χ2v) is 6.30. The van der Waals surface area contributed by atoms with Crippen LogP contribution in [0.4, 0.5) is 0 Å². The number of nitrogens with zero attached hydrogens (tertiary/aromatic N) is 1. The summed E-state index contributed by atoms with van der Waals surface area (Å²) in [6, 6.07) is 8.61. The molecule has 2 rings (SSSR count). The molecule has 1 N–H and O–H groups in total. The van der Waals surface area contributed by atoms with E-state index in [-0.39, 0.29) is 17.7 Å². The van der Waals surface area contributed by atoms with Gasteiger partial charge in [-0.15, -0.1) is 0 Å². The molecule has 0 spiro atoms. The molecule has 1 aliphatic rings. The molecule has 1 saturated heterocycles. The Hall–Kier alpha value is -1.84. The lowest BCUT2D eigenvalue weighted by Crippen LogP contribution is -2.51. The first-order valence-corrected chi connectivity index (χ1v) is 8.24. The van der Waals surface area contributed by atoms with Crippen LogP contribution in [0.25, 0.3) is 0 Å². The molecule has 0 radical (unpaired) electrons. The van der Waals surface area contributed by atoms with Gasteiger partial charge in [-0.1, -0.05) is 44.9 Å². The van der Waals surface area contributed by atoms with Gasteiger partial charge in [-0.3, -0.25) is 9.59 Å². The third-order valence-corrected chi connectivity index (χ3v) is 4.17. The highest BCUT2D eigenvalue weighted by molar-refractivity contribution is 5.97. The first-order valence-electron chi connectivity index (χ1n) is 8.24. The van der Waals surface area contributed by atoms with E-state index in [1.807, 2.05) is 36.9 Å². The first kappa shape index (κ1) is 16.5. The standard InChI is InChI=1S/C18H26N2O2/c1-14(2)16(18(22)20-12-8-3-4-9-13-20)19-17(21)15-10-6-5-7-11-15/h5-7,10-11,14,16H,3-4,8-9,12-13H2,1-2H3,(H,19,21)/t16-/m1/s1. The van der Waals surface area contributed by atoms with Gasteiger partial charge in [0, 0.05) is 18.7 Å². The predicted molar refractivity (Wildman–Crippen MR) is 87.6 cm³/mol. The molecular weight excluding hydrogens is 276 g/mol. The van der Waals surface area contributed by atoms with Crippen molar-refractivity contribution in [2.45, 2.75) is 45.6 Å². The van der Waals surface area contributed by atoms with E-state index < -0.39 is 6.04 Å². The zero-order chi connectivity index (χ0) is 15.9. The van der Waals surface area contributed by atoms with Crippen LogP contribution < -0.4 is 5.32 Å². The van der Waals surface area contributed by atoms with E-state index in [0.717, 1.165) is 25.9 Å². The predicted octanol–water partition coefficient (Wildman–Crippen LogP) is 2.84. The molecular formula is C18H26N2O2. The minimum absolute atomic E-state index is 0.0566. The number of likely N-dealkylation sites (tertiary alicyclic amines) is 1. The van der Waals surface area contributed by atoms with Crippen molar-refractivity contribution in [2.75, 3.05) is 13.1 Å². The van der Waals surface area contributed by atoms with E-state index in [1.54, 1.807) is 12.1 Å². The summed E-state index contributed by atoms with van der Waals surface area (Å²) in [6.07, 6.45) is 4.49. The number of carbonyl (C=O) groups excluding carboxylic acids is 2. The Morgan fingerprint density at radius 2 is 1.59 bits per heavy atom. The molecule has 0 aliphatic carbocycles. The molecule has 1 aromatic carbocycles. The summed E-state index contributed by atoms with van der Waals surface area (Å²) in [5.74, 6) is -0.0490. The molecule has 120 valence electrons. The summed E-state index contributed by atoms with van der Waals surface area (Å²) in [7, 11) is 0. The largest absolute Gasteiger partial charge is 0.341 e. The Labute approximate surface area is 132 Å². The second-order valence-electron chi connectivity index (χ2n) is 6.30. The number of amides is 2. The van der Waals surface area contributed by atoms with Crippen molar-refractivity contribution in [3.05, 3.63) is 35.9 Å². The third-order valence-electron chi connectivity index (χ3n) is 4.17. The van der Waals surface area contributed by atoms with Crippen LogP contribution in [-0.4, -0.2) is 35.8 Å². The maximum Gasteiger partial charge on any atom is 0.251 e. The zero-order valence-corrected chi connectivity index (χ0v) is 13.5. The van der Waals surface area contributed by atoms with Crippen LogP contribution in [-0.2, 0) is 4.79 Å². The normalized spacial score (nSPS) is 17.0. The van der Waals surface area contributed by atoms with Gasteiger partial charge in [0.25, 0.3) is 5.91 Å². The Morgan fingerprint density at radius 3 is 2.14 bits per heavy atom. The quantitative estimate of drug-likeness (QED) is 0.930.